The van der Waals surface area contributed by atoms with Gasteiger partial charge in [0.2, 0.25) is 0 Å². The van der Waals surface area contributed by atoms with Crippen LogP contribution in [-0.4, -0.2) is 47.9 Å². The summed E-state index contributed by atoms with van der Waals surface area (Å²) in [4.78, 5) is 14.0. The summed E-state index contributed by atoms with van der Waals surface area (Å²) < 4.78 is 0. The van der Waals surface area contributed by atoms with Crippen molar-refractivity contribution in [3.63, 3.8) is 0 Å². The van der Waals surface area contributed by atoms with Crippen molar-refractivity contribution in [3.8, 4) is 0 Å². The van der Waals surface area contributed by atoms with Crippen molar-refractivity contribution in [1.29, 1.82) is 0 Å². The Morgan fingerprint density at radius 3 is 2.83 bits per heavy atom. The highest BCUT2D eigenvalue weighted by Gasteiger charge is 2.25. The molecular formula is C14H20N4. The molecule has 0 amide bonds. The minimum Gasteiger partial charge on any atom is -0.344 e. The number of guanidine groups is 1. The van der Waals surface area contributed by atoms with E-state index in [9.17, 15) is 0 Å². The molecule has 1 aliphatic carbocycles. The van der Waals surface area contributed by atoms with Gasteiger partial charge < -0.3 is 9.80 Å². The summed E-state index contributed by atoms with van der Waals surface area (Å²) >= 11 is 0. The third-order valence-corrected chi connectivity index (χ3v) is 3.89. The second-order valence-corrected chi connectivity index (χ2v) is 5.23. The Labute approximate surface area is 108 Å². The van der Waals surface area contributed by atoms with Crippen LogP contribution in [0, 0.1) is 0 Å². The summed E-state index contributed by atoms with van der Waals surface area (Å²) in [5.41, 5.74) is 2.56. The molecule has 4 nitrogen and oxygen atoms in total. The molecule has 0 radical (unpaired) electrons. The fourth-order valence-corrected chi connectivity index (χ4v) is 2.84. The molecule has 1 aromatic heterocycles. The molecule has 2 aliphatic rings. The zero-order valence-corrected chi connectivity index (χ0v) is 11.1. The van der Waals surface area contributed by atoms with E-state index in [4.69, 9.17) is 4.99 Å². The monoisotopic (exact) mass is 244 g/mol. The average molecular weight is 244 g/mol. The van der Waals surface area contributed by atoms with Crippen LogP contribution in [0.4, 0.5) is 0 Å². The minimum atomic E-state index is 0.243. The van der Waals surface area contributed by atoms with Gasteiger partial charge in [-0.2, -0.15) is 0 Å². The average Bonchev–Trinajstić information content (AvgIpc) is 2.71. The molecular weight excluding hydrogens is 224 g/mol. The topological polar surface area (TPSA) is 31.7 Å². The number of hydrogen-bond acceptors (Lipinski definition) is 2. The van der Waals surface area contributed by atoms with Crippen LogP contribution < -0.4 is 0 Å². The van der Waals surface area contributed by atoms with Gasteiger partial charge >= 0.3 is 0 Å². The standard InChI is InChI=1S/C14H20N4/c1-17-9-10-18(2)14(17)16-12-7-3-5-11-6-4-8-15-13(11)12/h4,6,8,12H,3,5,7,9-10H2,1-2H3. The van der Waals surface area contributed by atoms with E-state index in [1.54, 1.807) is 0 Å². The van der Waals surface area contributed by atoms with Gasteiger partial charge in [0.15, 0.2) is 5.96 Å². The summed E-state index contributed by atoms with van der Waals surface area (Å²) in [5, 5.41) is 0. The van der Waals surface area contributed by atoms with Crippen molar-refractivity contribution >= 4 is 5.96 Å². The van der Waals surface area contributed by atoms with E-state index >= 15 is 0 Å². The van der Waals surface area contributed by atoms with Gasteiger partial charge in [-0.15, -0.1) is 0 Å². The molecule has 0 spiro atoms. The molecule has 0 N–H and O–H groups in total. The van der Waals surface area contributed by atoms with Gasteiger partial charge in [0, 0.05) is 33.4 Å². The predicted octanol–water partition coefficient (Wildman–Crippen LogP) is 1.69. The van der Waals surface area contributed by atoms with Gasteiger partial charge in [-0.1, -0.05) is 6.07 Å². The van der Waals surface area contributed by atoms with Crippen molar-refractivity contribution in [1.82, 2.24) is 14.8 Å². The maximum atomic E-state index is 4.94. The zero-order valence-electron chi connectivity index (χ0n) is 11.1. The summed E-state index contributed by atoms with van der Waals surface area (Å²) in [5.74, 6) is 1.11. The molecule has 1 atom stereocenters. The Hall–Kier alpha value is -1.58. The molecule has 0 saturated carbocycles. The van der Waals surface area contributed by atoms with E-state index in [2.05, 4.69) is 34.9 Å². The molecule has 3 rings (SSSR count). The number of rotatable bonds is 1. The van der Waals surface area contributed by atoms with Gasteiger partial charge in [0.1, 0.15) is 0 Å². The molecule has 1 fully saturated rings. The van der Waals surface area contributed by atoms with Crippen LogP contribution in [0.1, 0.15) is 30.1 Å². The van der Waals surface area contributed by atoms with Crippen LogP contribution in [0.15, 0.2) is 23.3 Å². The lowest BCUT2D eigenvalue weighted by Gasteiger charge is -2.24. The number of aryl methyl sites for hydroxylation is 1. The van der Waals surface area contributed by atoms with E-state index < -0.39 is 0 Å². The normalized spacial score (nSPS) is 23.2. The van der Waals surface area contributed by atoms with E-state index in [1.165, 1.54) is 17.7 Å². The molecule has 4 heteroatoms. The molecule has 0 aromatic carbocycles. The van der Waals surface area contributed by atoms with Gasteiger partial charge in [0.25, 0.3) is 0 Å². The molecule has 1 unspecified atom stereocenters. The Bertz CT molecular complexity index is 457. The largest absolute Gasteiger partial charge is 0.344 e. The molecule has 1 aliphatic heterocycles. The zero-order chi connectivity index (χ0) is 12.5. The predicted molar refractivity (Wildman–Crippen MR) is 72.6 cm³/mol. The lowest BCUT2D eigenvalue weighted by atomic mass is 9.92. The summed E-state index contributed by atoms with van der Waals surface area (Å²) in [6.07, 6.45) is 5.37. The SMILES string of the molecule is CN1CCN(C)C1=NC1CCCc2cccnc21. The highest BCUT2D eigenvalue weighted by atomic mass is 15.4. The smallest absolute Gasteiger partial charge is 0.196 e. The van der Waals surface area contributed by atoms with Gasteiger partial charge in [-0.05, 0) is 30.9 Å². The first-order valence-corrected chi connectivity index (χ1v) is 6.69. The lowest BCUT2D eigenvalue weighted by Crippen LogP contribution is -2.29. The van der Waals surface area contributed by atoms with Crippen LogP contribution in [0.2, 0.25) is 0 Å². The van der Waals surface area contributed by atoms with Crippen LogP contribution >= 0.6 is 0 Å². The molecule has 1 aromatic rings. The fraction of sp³-hybridized carbons (Fsp3) is 0.571. The number of fused-ring (bicyclic) bond motifs is 1. The Morgan fingerprint density at radius 2 is 2.06 bits per heavy atom. The number of hydrogen-bond donors (Lipinski definition) is 0. The first-order valence-electron chi connectivity index (χ1n) is 6.69. The molecule has 18 heavy (non-hydrogen) atoms. The van der Waals surface area contributed by atoms with E-state index in [1.807, 2.05) is 12.3 Å². The third-order valence-electron chi connectivity index (χ3n) is 3.89. The highest BCUT2D eigenvalue weighted by Crippen LogP contribution is 2.31. The second-order valence-electron chi connectivity index (χ2n) is 5.23. The van der Waals surface area contributed by atoms with Crippen LogP contribution in [0.5, 0.6) is 0 Å². The van der Waals surface area contributed by atoms with Gasteiger partial charge in [0.05, 0.1) is 11.7 Å². The maximum absolute atomic E-state index is 4.94. The summed E-state index contributed by atoms with van der Waals surface area (Å²) in [6, 6.07) is 4.46. The summed E-state index contributed by atoms with van der Waals surface area (Å²) in [7, 11) is 4.23. The van der Waals surface area contributed by atoms with Crippen LogP contribution in [-0.2, 0) is 6.42 Å². The highest BCUT2D eigenvalue weighted by molar-refractivity contribution is 5.81. The van der Waals surface area contributed by atoms with Crippen molar-refractivity contribution < 1.29 is 0 Å². The van der Waals surface area contributed by atoms with E-state index in [0.717, 1.165) is 31.9 Å². The van der Waals surface area contributed by atoms with Crippen molar-refractivity contribution in [2.75, 3.05) is 27.2 Å². The third kappa shape index (κ3) is 1.96. The first kappa shape index (κ1) is 11.5. The van der Waals surface area contributed by atoms with Crippen LogP contribution in [0.25, 0.3) is 0 Å². The van der Waals surface area contributed by atoms with Gasteiger partial charge in [-0.25, -0.2) is 4.99 Å². The van der Waals surface area contributed by atoms with Crippen LogP contribution in [0.3, 0.4) is 0 Å². The summed E-state index contributed by atoms with van der Waals surface area (Å²) in [6.45, 7) is 2.13. The Morgan fingerprint density at radius 1 is 1.28 bits per heavy atom. The molecule has 2 heterocycles. The fourth-order valence-electron chi connectivity index (χ4n) is 2.84. The van der Waals surface area contributed by atoms with Crippen molar-refractivity contribution in [2.45, 2.75) is 25.3 Å². The minimum absolute atomic E-state index is 0.243. The molecule has 96 valence electrons. The number of aliphatic imine (C=N–C) groups is 1. The number of pyridine rings is 1. The van der Waals surface area contributed by atoms with E-state index in [0.29, 0.717) is 0 Å². The maximum Gasteiger partial charge on any atom is 0.196 e. The second kappa shape index (κ2) is 4.59. The lowest BCUT2D eigenvalue weighted by molar-refractivity contribution is 0.514. The van der Waals surface area contributed by atoms with Crippen molar-refractivity contribution in [3.05, 3.63) is 29.6 Å². The molecule has 1 saturated heterocycles. The van der Waals surface area contributed by atoms with Gasteiger partial charge in [-0.3, -0.25) is 4.98 Å². The Balaban J connectivity index is 1.92. The quantitative estimate of drug-likeness (QED) is 0.753. The number of aromatic nitrogens is 1. The van der Waals surface area contributed by atoms with E-state index in [-0.39, 0.29) is 6.04 Å². The Kier molecular flexibility index (Phi) is 2.94. The number of nitrogens with zero attached hydrogens (tertiary/aromatic N) is 4. The number of likely N-dealkylation sites (N-methyl/N-ethyl adjacent to an activating group) is 2. The van der Waals surface area contributed by atoms with Crippen molar-refractivity contribution in [2.24, 2.45) is 4.99 Å². The molecule has 0 bridgehead atoms. The first-order chi connectivity index (χ1) is 8.75.